The molecular weight excluding hydrogens is 246 g/mol. The molecule has 0 amide bonds. The van der Waals surface area contributed by atoms with Crippen LogP contribution in [0.2, 0.25) is 0 Å². The first-order chi connectivity index (χ1) is 9.93. The second-order valence-corrected chi connectivity index (χ2v) is 5.35. The minimum atomic E-state index is 0.304. The summed E-state index contributed by atoms with van der Waals surface area (Å²) in [5.41, 5.74) is 2.62. The Morgan fingerprint density at radius 2 is 1.65 bits per heavy atom. The van der Waals surface area contributed by atoms with E-state index < -0.39 is 0 Å². The lowest BCUT2D eigenvalue weighted by molar-refractivity contribution is 0.00692. The molecule has 1 N–H and O–H groups in total. The van der Waals surface area contributed by atoms with Gasteiger partial charge in [-0.1, -0.05) is 60.7 Å². The van der Waals surface area contributed by atoms with Crippen LogP contribution in [0, 0.1) is 0 Å². The van der Waals surface area contributed by atoms with Gasteiger partial charge in [0, 0.05) is 12.5 Å². The van der Waals surface area contributed by atoms with Crippen LogP contribution < -0.4 is 5.32 Å². The third-order valence-corrected chi connectivity index (χ3v) is 3.95. The van der Waals surface area contributed by atoms with Crippen LogP contribution in [-0.2, 0) is 11.3 Å². The zero-order chi connectivity index (χ0) is 13.6. The smallest absolute Gasteiger partial charge is 0.0720 e. The van der Waals surface area contributed by atoms with Crippen molar-refractivity contribution in [2.24, 2.45) is 0 Å². The first-order valence-corrected chi connectivity index (χ1v) is 7.34. The third kappa shape index (κ3) is 3.27. The van der Waals surface area contributed by atoms with Crippen LogP contribution >= 0.6 is 0 Å². The van der Waals surface area contributed by atoms with Crippen LogP contribution in [0.3, 0.4) is 0 Å². The van der Waals surface area contributed by atoms with Crippen LogP contribution in [0.1, 0.15) is 23.5 Å². The molecule has 0 saturated carbocycles. The molecule has 0 spiro atoms. The first kappa shape index (κ1) is 13.3. The van der Waals surface area contributed by atoms with Gasteiger partial charge >= 0.3 is 0 Å². The topological polar surface area (TPSA) is 21.3 Å². The van der Waals surface area contributed by atoms with Gasteiger partial charge in [-0.25, -0.2) is 0 Å². The predicted octanol–water partition coefficient (Wildman–Crippen LogP) is 3.35. The maximum atomic E-state index is 6.20. The molecule has 1 aliphatic heterocycles. The number of ether oxygens (including phenoxy) is 1. The summed E-state index contributed by atoms with van der Waals surface area (Å²) in [6.45, 7) is 2.75. The maximum absolute atomic E-state index is 6.20. The third-order valence-electron chi connectivity index (χ3n) is 3.95. The van der Waals surface area contributed by atoms with Gasteiger partial charge < -0.3 is 10.1 Å². The summed E-state index contributed by atoms with van der Waals surface area (Å²) in [7, 11) is 0. The first-order valence-electron chi connectivity index (χ1n) is 7.34. The molecular formula is C18H21NO. The Hall–Kier alpha value is -1.64. The highest BCUT2D eigenvalue weighted by molar-refractivity contribution is 5.22. The number of hydrogen-bond acceptors (Lipinski definition) is 2. The van der Waals surface area contributed by atoms with Crippen molar-refractivity contribution in [2.75, 3.05) is 13.1 Å². The van der Waals surface area contributed by atoms with Gasteiger partial charge in [-0.3, -0.25) is 0 Å². The van der Waals surface area contributed by atoms with Gasteiger partial charge in [-0.2, -0.15) is 0 Å². The summed E-state index contributed by atoms with van der Waals surface area (Å²) in [5, 5.41) is 3.48. The SMILES string of the molecule is c1ccc(CO[C@@H]2CCNC[C@H]2c2ccccc2)cc1. The Bertz CT molecular complexity index is 511. The lowest BCUT2D eigenvalue weighted by Gasteiger charge is -2.32. The van der Waals surface area contributed by atoms with Gasteiger partial charge in [0.15, 0.2) is 0 Å². The highest BCUT2D eigenvalue weighted by Gasteiger charge is 2.26. The van der Waals surface area contributed by atoms with Crippen molar-refractivity contribution in [1.29, 1.82) is 0 Å². The molecule has 0 unspecified atom stereocenters. The molecule has 2 nitrogen and oxygen atoms in total. The molecule has 0 aromatic heterocycles. The van der Waals surface area contributed by atoms with E-state index in [-0.39, 0.29) is 0 Å². The van der Waals surface area contributed by atoms with E-state index in [2.05, 4.69) is 59.9 Å². The van der Waals surface area contributed by atoms with Crippen LogP contribution in [0.5, 0.6) is 0 Å². The zero-order valence-corrected chi connectivity index (χ0v) is 11.7. The predicted molar refractivity (Wildman–Crippen MR) is 81.7 cm³/mol. The number of nitrogens with one attached hydrogen (secondary N) is 1. The fraction of sp³-hybridized carbons (Fsp3) is 0.333. The summed E-state index contributed by atoms with van der Waals surface area (Å²) < 4.78 is 6.20. The van der Waals surface area contributed by atoms with Crippen molar-refractivity contribution in [3.05, 3.63) is 71.8 Å². The Morgan fingerprint density at radius 3 is 2.40 bits per heavy atom. The molecule has 1 aliphatic rings. The average Bonchev–Trinajstić information content (AvgIpc) is 2.55. The van der Waals surface area contributed by atoms with Crippen LogP contribution in [-0.4, -0.2) is 19.2 Å². The molecule has 2 aromatic rings. The van der Waals surface area contributed by atoms with E-state index in [1.54, 1.807) is 0 Å². The zero-order valence-electron chi connectivity index (χ0n) is 11.7. The maximum Gasteiger partial charge on any atom is 0.0720 e. The Labute approximate surface area is 120 Å². The minimum Gasteiger partial charge on any atom is -0.373 e. The molecule has 0 bridgehead atoms. The lowest BCUT2D eigenvalue weighted by atomic mass is 9.89. The summed E-state index contributed by atoms with van der Waals surface area (Å²) in [5.74, 6) is 0.452. The Balaban J connectivity index is 1.67. The van der Waals surface area contributed by atoms with Crippen LogP contribution in [0.4, 0.5) is 0 Å². The molecule has 20 heavy (non-hydrogen) atoms. The molecule has 0 aliphatic carbocycles. The summed E-state index contributed by atoms with van der Waals surface area (Å²) >= 11 is 0. The average molecular weight is 267 g/mol. The monoisotopic (exact) mass is 267 g/mol. The quantitative estimate of drug-likeness (QED) is 0.917. The van der Waals surface area contributed by atoms with E-state index in [9.17, 15) is 0 Å². The van der Waals surface area contributed by atoms with E-state index in [1.807, 2.05) is 6.07 Å². The summed E-state index contributed by atoms with van der Waals surface area (Å²) in [6.07, 6.45) is 1.38. The summed E-state index contributed by atoms with van der Waals surface area (Å²) in [4.78, 5) is 0. The molecule has 2 heteroatoms. The largest absolute Gasteiger partial charge is 0.373 e. The standard InChI is InChI=1S/C18H21NO/c1-3-7-15(8-4-1)14-20-18-11-12-19-13-17(18)16-9-5-2-6-10-16/h1-10,17-19H,11-14H2/t17-,18+/m0/s1. The number of rotatable bonds is 4. The van der Waals surface area contributed by atoms with E-state index in [0.717, 1.165) is 19.5 Å². The normalized spacial score (nSPS) is 22.6. The van der Waals surface area contributed by atoms with Gasteiger partial charge in [0.25, 0.3) is 0 Å². The van der Waals surface area contributed by atoms with Gasteiger partial charge in [0.2, 0.25) is 0 Å². The van der Waals surface area contributed by atoms with Crippen molar-refractivity contribution in [1.82, 2.24) is 5.32 Å². The second kappa shape index (κ2) is 6.69. The highest BCUT2D eigenvalue weighted by Crippen LogP contribution is 2.26. The second-order valence-electron chi connectivity index (χ2n) is 5.35. The van der Waals surface area contributed by atoms with Crippen molar-refractivity contribution in [3.63, 3.8) is 0 Å². The summed E-state index contributed by atoms with van der Waals surface area (Å²) in [6, 6.07) is 21.1. The Morgan fingerprint density at radius 1 is 0.950 bits per heavy atom. The van der Waals surface area contributed by atoms with Gasteiger partial charge in [0.05, 0.1) is 12.7 Å². The van der Waals surface area contributed by atoms with Crippen molar-refractivity contribution in [3.8, 4) is 0 Å². The van der Waals surface area contributed by atoms with Gasteiger partial charge in [-0.15, -0.1) is 0 Å². The Kier molecular flexibility index (Phi) is 4.46. The molecule has 1 saturated heterocycles. The number of benzene rings is 2. The number of hydrogen-bond donors (Lipinski definition) is 1. The highest BCUT2D eigenvalue weighted by atomic mass is 16.5. The van der Waals surface area contributed by atoms with Crippen molar-refractivity contribution < 1.29 is 4.74 Å². The fourth-order valence-corrected chi connectivity index (χ4v) is 2.84. The van der Waals surface area contributed by atoms with E-state index in [4.69, 9.17) is 4.74 Å². The molecule has 1 fully saturated rings. The van der Waals surface area contributed by atoms with Crippen molar-refractivity contribution in [2.45, 2.75) is 25.0 Å². The minimum absolute atomic E-state index is 0.304. The molecule has 2 aromatic carbocycles. The van der Waals surface area contributed by atoms with Crippen LogP contribution in [0.15, 0.2) is 60.7 Å². The van der Waals surface area contributed by atoms with Gasteiger partial charge in [0.1, 0.15) is 0 Å². The number of piperidine rings is 1. The van der Waals surface area contributed by atoms with Crippen LogP contribution in [0.25, 0.3) is 0 Å². The van der Waals surface area contributed by atoms with E-state index >= 15 is 0 Å². The van der Waals surface area contributed by atoms with E-state index in [0.29, 0.717) is 18.6 Å². The van der Waals surface area contributed by atoms with E-state index in [1.165, 1.54) is 11.1 Å². The lowest BCUT2D eigenvalue weighted by Crippen LogP contribution is -2.39. The molecule has 0 radical (unpaired) electrons. The molecule has 1 heterocycles. The van der Waals surface area contributed by atoms with Gasteiger partial charge in [-0.05, 0) is 24.1 Å². The molecule has 2 atom stereocenters. The molecule has 3 rings (SSSR count). The fourth-order valence-electron chi connectivity index (χ4n) is 2.84. The van der Waals surface area contributed by atoms with Crippen molar-refractivity contribution >= 4 is 0 Å². The molecule has 104 valence electrons.